The SMILES string of the molecule is O=C(O)c1cccc(-n2c(=O)n(C3CCC(NC(=O)c4cn5cc(F)ccc5n4)CC3)c(=O)c3cc(F)cnc32)c1. The molecule has 1 aliphatic rings. The van der Waals surface area contributed by atoms with Crippen molar-refractivity contribution in [2.24, 2.45) is 0 Å². The number of amides is 1. The van der Waals surface area contributed by atoms with Gasteiger partial charge in [0.05, 0.1) is 22.8 Å². The second-order valence-electron chi connectivity index (χ2n) is 9.89. The largest absolute Gasteiger partial charge is 0.478 e. The fraction of sp³-hybridized carbons (Fsp3) is 0.214. The summed E-state index contributed by atoms with van der Waals surface area (Å²) >= 11 is 0. The van der Waals surface area contributed by atoms with Crippen LogP contribution in [0.2, 0.25) is 0 Å². The van der Waals surface area contributed by atoms with Crippen molar-refractivity contribution in [2.75, 3.05) is 0 Å². The lowest BCUT2D eigenvalue weighted by molar-refractivity contribution is 0.0696. The molecule has 0 atom stereocenters. The molecule has 1 aliphatic carbocycles. The highest BCUT2D eigenvalue weighted by atomic mass is 19.1. The number of nitrogens with zero attached hydrogens (tertiary/aromatic N) is 5. The quantitative estimate of drug-likeness (QED) is 0.337. The standard InChI is InChI=1S/C28H22F2N6O5/c29-16-4-9-23-33-22(14-34(23)13-16)25(37)32-18-5-7-19(8-6-18)36-26(38)21-11-17(30)12-31-24(21)35(28(36)41)20-3-1-2-15(10-20)27(39)40/h1-4,9-14,18-19H,5-8H2,(H,32,37)(H,39,40). The zero-order chi connectivity index (χ0) is 28.8. The molecule has 1 saturated carbocycles. The van der Waals surface area contributed by atoms with Crippen molar-refractivity contribution < 1.29 is 23.5 Å². The third-order valence-electron chi connectivity index (χ3n) is 7.29. The lowest BCUT2D eigenvalue weighted by Crippen LogP contribution is -2.45. The smallest absolute Gasteiger partial charge is 0.337 e. The summed E-state index contributed by atoms with van der Waals surface area (Å²) in [5.41, 5.74) is -0.874. The van der Waals surface area contributed by atoms with Crippen LogP contribution in [0.3, 0.4) is 0 Å². The van der Waals surface area contributed by atoms with Crippen LogP contribution in [0, 0.1) is 11.6 Å². The van der Waals surface area contributed by atoms with Crippen molar-refractivity contribution in [1.82, 2.24) is 28.8 Å². The first-order valence-electron chi connectivity index (χ1n) is 12.8. The Morgan fingerprint density at radius 3 is 2.51 bits per heavy atom. The Hall–Kier alpha value is -5.20. The van der Waals surface area contributed by atoms with Crippen LogP contribution < -0.4 is 16.6 Å². The van der Waals surface area contributed by atoms with E-state index in [1.54, 1.807) is 0 Å². The number of hydrogen-bond acceptors (Lipinski definition) is 6. The zero-order valence-corrected chi connectivity index (χ0v) is 21.3. The minimum Gasteiger partial charge on any atom is -0.478 e. The minimum atomic E-state index is -1.20. The second kappa shape index (κ2) is 10.1. The van der Waals surface area contributed by atoms with Gasteiger partial charge < -0.3 is 14.8 Å². The van der Waals surface area contributed by atoms with Crippen LogP contribution in [0.5, 0.6) is 0 Å². The van der Waals surface area contributed by atoms with Crippen LogP contribution in [0.15, 0.2) is 70.6 Å². The highest BCUT2D eigenvalue weighted by molar-refractivity contribution is 5.93. The van der Waals surface area contributed by atoms with Crippen LogP contribution >= 0.6 is 0 Å². The molecule has 0 saturated heterocycles. The Morgan fingerprint density at radius 1 is 0.976 bits per heavy atom. The van der Waals surface area contributed by atoms with Gasteiger partial charge in [-0.1, -0.05) is 6.07 Å². The molecule has 6 rings (SSSR count). The predicted molar refractivity (Wildman–Crippen MR) is 142 cm³/mol. The normalized spacial score (nSPS) is 17.1. The Labute approximate surface area is 229 Å². The highest BCUT2D eigenvalue weighted by Crippen LogP contribution is 2.28. The van der Waals surface area contributed by atoms with Gasteiger partial charge in [-0.05, 0) is 62.1 Å². The number of carbonyl (C=O) groups is 2. The van der Waals surface area contributed by atoms with Gasteiger partial charge in [-0.2, -0.15) is 0 Å². The number of pyridine rings is 2. The maximum absolute atomic E-state index is 14.2. The van der Waals surface area contributed by atoms with E-state index < -0.39 is 40.8 Å². The summed E-state index contributed by atoms with van der Waals surface area (Å²) in [7, 11) is 0. The number of nitrogens with one attached hydrogen (secondary N) is 1. The lowest BCUT2D eigenvalue weighted by Gasteiger charge is -2.30. The number of halogens is 2. The molecule has 41 heavy (non-hydrogen) atoms. The molecule has 4 heterocycles. The first kappa shape index (κ1) is 26.0. The number of rotatable bonds is 5. The van der Waals surface area contributed by atoms with Crippen molar-refractivity contribution in [3.63, 3.8) is 0 Å². The molecule has 1 amide bonds. The maximum Gasteiger partial charge on any atom is 0.337 e. The van der Waals surface area contributed by atoms with E-state index in [4.69, 9.17) is 0 Å². The molecule has 0 bridgehead atoms. The molecule has 1 fully saturated rings. The number of carboxylic acids is 1. The average Bonchev–Trinajstić information content (AvgIpc) is 3.38. The van der Waals surface area contributed by atoms with Crippen LogP contribution in [-0.4, -0.2) is 46.5 Å². The molecule has 5 aromatic rings. The van der Waals surface area contributed by atoms with E-state index in [1.165, 1.54) is 53.2 Å². The van der Waals surface area contributed by atoms with Gasteiger partial charge in [0.1, 0.15) is 23.0 Å². The lowest BCUT2D eigenvalue weighted by atomic mass is 9.90. The molecule has 0 radical (unpaired) electrons. The van der Waals surface area contributed by atoms with Gasteiger partial charge in [0, 0.05) is 24.5 Å². The van der Waals surface area contributed by atoms with Gasteiger partial charge in [-0.3, -0.25) is 14.2 Å². The van der Waals surface area contributed by atoms with Gasteiger partial charge in [0.15, 0.2) is 5.65 Å². The summed E-state index contributed by atoms with van der Waals surface area (Å²) in [6.07, 6.45) is 5.15. The van der Waals surface area contributed by atoms with E-state index in [2.05, 4.69) is 15.3 Å². The Kier molecular flexibility index (Phi) is 6.40. The first-order chi connectivity index (χ1) is 19.7. The van der Waals surface area contributed by atoms with E-state index in [-0.39, 0.29) is 34.0 Å². The fourth-order valence-corrected chi connectivity index (χ4v) is 5.33. The van der Waals surface area contributed by atoms with E-state index in [9.17, 15) is 33.1 Å². The average molecular weight is 561 g/mol. The molecule has 4 aromatic heterocycles. The number of imidazole rings is 1. The molecule has 11 nitrogen and oxygen atoms in total. The van der Waals surface area contributed by atoms with E-state index >= 15 is 0 Å². The van der Waals surface area contributed by atoms with Crippen LogP contribution in [0.4, 0.5) is 8.78 Å². The Bertz CT molecular complexity index is 1970. The van der Waals surface area contributed by atoms with E-state index in [0.29, 0.717) is 31.3 Å². The topological polar surface area (TPSA) is 141 Å². The van der Waals surface area contributed by atoms with Crippen molar-refractivity contribution >= 4 is 28.6 Å². The molecule has 0 spiro atoms. The predicted octanol–water partition coefficient (Wildman–Crippen LogP) is 3.09. The molecule has 1 aromatic carbocycles. The molecule has 2 N–H and O–H groups in total. The highest BCUT2D eigenvalue weighted by Gasteiger charge is 2.28. The number of benzene rings is 1. The summed E-state index contributed by atoms with van der Waals surface area (Å²) in [6.45, 7) is 0. The summed E-state index contributed by atoms with van der Waals surface area (Å²) in [5.74, 6) is -2.85. The van der Waals surface area contributed by atoms with Gasteiger partial charge in [-0.25, -0.2) is 32.9 Å². The van der Waals surface area contributed by atoms with Crippen molar-refractivity contribution in [1.29, 1.82) is 0 Å². The van der Waals surface area contributed by atoms with E-state index in [1.807, 2.05) is 0 Å². The Morgan fingerprint density at radius 2 is 1.76 bits per heavy atom. The van der Waals surface area contributed by atoms with Crippen LogP contribution in [0.25, 0.3) is 22.4 Å². The molecular weight excluding hydrogens is 538 g/mol. The summed E-state index contributed by atoms with van der Waals surface area (Å²) in [4.78, 5) is 59.8. The summed E-state index contributed by atoms with van der Waals surface area (Å²) in [5, 5.41) is 12.2. The Balaban J connectivity index is 1.29. The number of hydrogen-bond donors (Lipinski definition) is 2. The van der Waals surface area contributed by atoms with Gasteiger partial charge >= 0.3 is 11.7 Å². The monoisotopic (exact) mass is 560 g/mol. The number of carbonyl (C=O) groups excluding carboxylic acids is 1. The number of aromatic carboxylic acids is 1. The minimum absolute atomic E-state index is 0.0746. The van der Waals surface area contributed by atoms with Crippen LogP contribution in [-0.2, 0) is 0 Å². The van der Waals surface area contributed by atoms with Crippen LogP contribution in [0.1, 0.15) is 52.6 Å². The molecular formula is C28H22F2N6O5. The van der Waals surface area contributed by atoms with Gasteiger partial charge in [0.2, 0.25) is 0 Å². The maximum atomic E-state index is 14.2. The molecule has 13 heteroatoms. The fourth-order valence-electron chi connectivity index (χ4n) is 5.33. The third-order valence-corrected chi connectivity index (χ3v) is 7.29. The van der Waals surface area contributed by atoms with Crippen molar-refractivity contribution in [3.05, 3.63) is 105 Å². The first-order valence-corrected chi connectivity index (χ1v) is 12.8. The van der Waals surface area contributed by atoms with Gasteiger partial charge in [-0.15, -0.1) is 0 Å². The summed E-state index contributed by atoms with van der Waals surface area (Å²) in [6, 6.07) is 8.52. The number of fused-ring (bicyclic) bond motifs is 2. The molecule has 0 unspecified atom stereocenters. The third kappa shape index (κ3) is 4.75. The van der Waals surface area contributed by atoms with Crippen molar-refractivity contribution in [2.45, 2.75) is 37.8 Å². The number of aromatic nitrogens is 5. The molecule has 0 aliphatic heterocycles. The second-order valence-corrected chi connectivity index (χ2v) is 9.89. The zero-order valence-electron chi connectivity index (χ0n) is 21.3. The summed E-state index contributed by atoms with van der Waals surface area (Å²) < 4.78 is 31.2. The van der Waals surface area contributed by atoms with Gasteiger partial charge in [0.25, 0.3) is 11.5 Å². The number of carboxylic acid groups (broad SMARTS) is 1. The van der Waals surface area contributed by atoms with E-state index in [0.717, 1.165) is 21.4 Å². The molecule has 208 valence electrons. The van der Waals surface area contributed by atoms with Crippen molar-refractivity contribution in [3.8, 4) is 5.69 Å².